The Bertz CT molecular complexity index is 421. The quantitative estimate of drug-likeness (QED) is 0.794. The lowest BCUT2D eigenvalue weighted by molar-refractivity contribution is 0.339. The van der Waals surface area contributed by atoms with E-state index in [1.807, 2.05) is 6.92 Å². The van der Waals surface area contributed by atoms with Crippen LogP contribution in [0.5, 0.6) is 5.75 Å². The summed E-state index contributed by atoms with van der Waals surface area (Å²) in [4.78, 5) is 0. The first-order valence-electron chi connectivity index (χ1n) is 7.33. The van der Waals surface area contributed by atoms with Crippen LogP contribution in [-0.2, 0) is 0 Å². The second-order valence-electron chi connectivity index (χ2n) is 5.42. The topological polar surface area (TPSA) is 21.3 Å². The van der Waals surface area contributed by atoms with Gasteiger partial charge in [-0.2, -0.15) is 0 Å². The van der Waals surface area contributed by atoms with E-state index in [1.165, 1.54) is 18.4 Å². The van der Waals surface area contributed by atoms with Crippen LogP contribution in [0.2, 0.25) is 0 Å². The van der Waals surface area contributed by atoms with Gasteiger partial charge in [-0.05, 0) is 55.8 Å². The summed E-state index contributed by atoms with van der Waals surface area (Å²) in [5.41, 5.74) is 1.37. The molecule has 3 heteroatoms. The van der Waals surface area contributed by atoms with Gasteiger partial charge in [-0.3, -0.25) is 0 Å². The molecule has 0 heterocycles. The summed E-state index contributed by atoms with van der Waals surface area (Å²) in [6.45, 7) is 8.36. The maximum Gasteiger partial charge on any atom is 0.120 e. The third-order valence-corrected chi connectivity index (χ3v) is 4.52. The maximum absolute atomic E-state index is 5.55. The van der Waals surface area contributed by atoms with E-state index in [0.29, 0.717) is 12.6 Å². The van der Waals surface area contributed by atoms with E-state index in [4.69, 9.17) is 4.74 Å². The largest absolute Gasteiger partial charge is 0.494 e. The molecule has 2 nitrogen and oxygen atoms in total. The molecule has 0 radical (unpaired) electrons. The first kappa shape index (κ1) is 14.9. The van der Waals surface area contributed by atoms with Crippen molar-refractivity contribution in [2.24, 2.45) is 11.8 Å². The SMILES string of the molecule is CCCNC(c1ccc(OCC)cc1Br)C1CC1C. The van der Waals surface area contributed by atoms with Crippen LogP contribution in [0.4, 0.5) is 0 Å². The monoisotopic (exact) mass is 325 g/mol. The van der Waals surface area contributed by atoms with Crippen molar-refractivity contribution in [2.45, 2.75) is 39.7 Å². The Labute approximate surface area is 125 Å². The number of ether oxygens (including phenoxy) is 1. The third kappa shape index (κ3) is 3.73. The standard InChI is InChI=1S/C16H24BrNO/c1-4-8-18-16(14-9-11(14)3)13-7-6-12(19-5-2)10-15(13)17/h6-7,10-11,14,16,18H,4-5,8-9H2,1-3H3. The lowest BCUT2D eigenvalue weighted by atomic mass is 10.0. The number of hydrogen-bond donors (Lipinski definition) is 1. The molecule has 3 unspecified atom stereocenters. The molecule has 1 aromatic rings. The zero-order valence-corrected chi connectivity index (χ0v) is 13.7. The van der Waals surface area contributed by atoms with Gasteiger partial charge < -0.3 is 10.1 Å². The fraction of sp³-hybridized carbons (Fsp3) is 0.625. The molecule has 0 aromatic heterocycles. The van der Waals surface area contributed by atoms with Crippen molar-refractivity contribution in [3.63, 3.8) is 0 Å². The van der Waals surface area contributed by atoms with Crippen molar-refractivity contribution in [3.05, 3.63) is 28.2 Å². The molecule has 106 valence electrons. The minimum Gasteiger partial charge on any atom is -0.494 e. The van der Waals surface area contributed by atoms with Gasteiger partial charge >= 0.3 is 0 Å². The molecule has 0 saturated heterocycles. The molecule has 1 aliphatic rings. The summed E-state index contributed by atoms with van der Waals surface area (Å²) in [6, 6.07) is 6.84. The summed E-state index contributed by atoms with van der Waals surface area (Å²) in [5, 5.41) is 3.70. The number of benzene rings is 1. The van der Waals surface area contributed by atoms with Gasteiger partial charge in [0.05, 0.1) is 6.61 Å². The number of nitrogens with one attached hydrogen (secondary N) is 1. The van der Waals surface area contributed by atoms with Crippen molar-refractivity contribution < 1.29 is 4.74 Å². The second kappa shape index (κ2) is 6.76. The van der Waals surface area contributed by atoms with Crippen molar-refractivity contribution in [1.82, 2.24) is 5.32 Å². The fourth-order valence-electron chi connectivity index (χ4n) is 2.62. The van der Waals surface area contributed by atoms with Crippen molar-refractivity contribution in [1.29, 1.82) is 0 Å². The van der Waals surface area contributed by atoms with Crippen LogP contribution in [0.15, 0.2) is 22.7 Å². The number of hydrogen-bond acceptors (Lipinski definition) is 2. The van der Waals surface area contributed by atoms with Crippen LogP contribution in [0.1, 0.15) is 45.2 Å². The Balaban J connectivity index is 2.16. The first-order valence-corrected chi connectivity index (χ1v) is 8.12. The van der Waals surface area contributed by atoms with Gasteiger partial charge in [0.25, 0.3) is 0 Å². The van der Waals surface area contributed by atoms with E-state index in [2.05, 4.69) is 53.3 Å². The summed E-state index contributed by atoms with van der Waals surface area (Å²) >= 11 is 3.71. The maximum atomic E-state index is 5.55. The molecular formula is C16H24BrNO. The minimum atomic E-state index is 0.472. The zero-order chi connectivity index (χ0) is 13.8. The summed E-state index contributed by atoms with van der Waals surface area (Å²) in [7, 11) is 0. The van der Waals surface area contributed by atoms with E-state index in [9.17, 15) is 0 Å². The van der Waals surface area contributed by atoms with Gasteiger partial charge in [0.15, 0.2) is 0 Å². The van der Waals surface area contributed by atoms with Crippen molar-refractivity contribution in [3.8, 4) is 5.75 Å². The zero-order valence-electron chi connectivity index (χ0n) is 12.1. The Kier molecular flexibility index (Phi) is 5.28. The predicted molar refractivity (Wildman–Crippen MR) is 83.6 cm³/mol. The van der Waals surface area contributed by atoms with E-state index >= 15 is 0 Å². The lowest BCUT2D eigenvalue weighted by Crippen LogP contribution is -2.24. The highest BCUT2D eigenvalue weighted by atomic mass is 79.9. The molecule has 0 aliphatic heterocycles. The smallest absolute Gasteiger partial charge is 0.120 e. The van der Waals surface area contributed by atoms with Gasteiger partial charge in [-0.15, -0.1) is 0 Å². The highest BCUT2D eigenvalue weighted by Gasteiger charge is 2.40. The summed E-state index contributed by atoms with van der Waals surface area (Å²) < 4.78 is 6.71. The average molecular weight is 326 g/mol. The normalized spacial score (nSPS) is 23.2. The van der Waals surface area contributed by atoms with Gasteiger partial charge in [-0.1, -0.05) is 35.8 Å². The number of rotatable bonds is 7. The molecule has 0 amide bonds. The molecule has 0 spiro atoms. The molecule has 1 aromatic carbocycles. The van der Waals surface area contributed by atoms with Crippen LogP contribution >= 0.6 is 15.9 Å². The predicted octanol–water partition coefficient (Wildman–Crippen LogP) is 4.54. The lowest BCUT2D eigenvalue weighted by Gasteiger charge is -2.21. The molecule has 3 atom stereocenters. The Hall–Kier alpha value is -0.540. The molecule has 1 N–H and O–H groups in total. The van der Waals surface area contributed by atoms with Crippen LogP contribution in [0.25, 0.3) is 0 Å². The molecule has 0 bridgehead atoms. The van der Waals surface area contributed by atoms with Gasteiger partial charge in [-0.25, -0.2) is 0 Å². The molecule has 1 aliphatic carbocycles. The highest BCUT2D eigenvalue weighted by Crippen LogP contribution is 2.48. The van der Waals surface area contributed by atoms with E-state index < -0.39 is 0 Å². The molecule has 1 fully saturated rings. The fourth-order valence-corrected chi connectivity index (χ4v) is 3.23. The Morgan fingerprint density at radius 1 is 1.42 bits per heavy atom. The van der Waals surface area contributed by atoms with E-state index in [0.717, 1.165) is 28.6 Å². The third-order valence-electron chi connectivity index (χ3n) is 3.83. The first-order chi connectivity index (χ1) is 9.17. The van der Waals surface area contributed by atoms with Gasteiger partial charge in [0.2, 0.25) is 0 Å². The van der Waals surface area contributed by atoms with E-state index in [-0.39, 0.29) is 0 Å². The van der Waals surface area contributed by atoms with Gasteiger partial charge in [0, 0.05) is 10.5 Å². The van der Waals surface area contributed by atoms with Crippen LogP contribution in [0.3, 0.4) is 0 Å². The Morgan fingerprint density at radius 3 is 2.68 bits per heavy atom. The Morgan fingerprint density at radius 2 is 2.16 bits per heavy atom. The molecule has 2 rings (SSSR count). The van der Waals surface area contributed by atoms with Crippen LogP contribution in [0, 0.1) is 11.8 Å². The number of halogens is 1. The summed E-state index contributed by atoms with van der Waals surface area (Å²) in [5.74, 6) is 2.56. The molecular weight excluding hydrogens is 302 g/mol. The highest BCUT2D eigenvalue weighted by molar-refractivity contribution is 9.10. The van der Waals surface area contributed by atoms with Crippen molar-refractivity contribution >= 4 is 15.9 Å². The molecule has 19 heavy (non-hydrogen) atoms. The second-order valence-corrected chi connectivity index (χ2v) is 6.28. The van der Waals surface area contributed by atoms with E-state index in [1.54, 1.807) is 0 Å². The average Bonchev–Trinajstić information content (AvgIpc) is 3.09. The van der Waals surface area contributed by atoms with Crippen molar-refractivity contribution in [2.75, 3.05) is 13.2 Å². The molecule has 1 saturated carbocycles. The van der Waals surface area contributed by atoms with Crippen LogP contribution < -0.4 is 10.1 Å². The van der Waals surface area contributed by atoms with Crippen LogP contribution in [-0.4, -0.2) is 13.2 Å². The summed E-state index contributed by atoms with van der Waals surface area (Å²) in [6.07, 6.45) is 2.51. The minimum absolute atomic E-state index is 0.472. The van der Waals surface area contributed by atoms with Gasteiger partial charge in [0.1, 0.15) is 5.75 Å².